The molecule has 0 fully saturated rings. The van der Waals surface area contributed by atoms with Crippen LogP contribution in [0.15, 0.2) is 11.4 Å². The van der Waals surface area contributed by atoms with Gasteiger partial charge in [0, 0.05) is 29.8 Å². The SMILES string of the molecule is CCCC(CBr)(CCC)CN1CCc2sccc2C1. The van der Waals surface area contributed by atoms with Gasteiger partial charge >= 0.3 is 0 Å². The minimum Gasteiger partial charge on any atom is -0.298 e. The Kier molecular flexibility index (Phi) is 5.91. The molecule has 1 aromatic heterocycles. The molecule has 0 spiro atoms. The van der Waals surface area contributed by atoms with Gasteiger partial charge in [-0.1, -0.05) is 42.6 Å². The summed E-state index contributed by atoms with van der Waals surface area (Å²) in [5, 5.41) is 3.40. The second-order valence-electron chi connectivity index (χ2n) is 5.96. The average Bonchev–Trinajstić information content (AvgIpc) is 2.86. The lowest BCUT2D eigenvalue weighted by Crippen LogP contribution is -2.41. The standard InChI is InChI=1S/C16H26BrNS/c1-3-7-16(12-17,8-4-2)13-18-9-5-15-14(11-18)6-10-19-15/h6,10H,3-5,7-9,11-13H2,1-2H3. The maximum Gasteiger partial charge on any atom is 0.0245 e. The fourth-order valence-corrected chi connectivity index (χ4v) is 5.06. The van der Waals surface area contributed by atoms with E-state index in [1.807, 2.05) is 11.3 Å². The zero-order valence-corrected chi connectivity index (χ0v) is 14.7. The van der Waals surface area contributed by atoms with Crippen LogP contribution in [0.25, 0.3) is 0 Å². The molecule has 0 radical (unpaired) electrons. The Morgan fingerprint density at radius 1 is 1.32 bits per heavy atom. The van der Waals surface area contributed by atoms with Crippen LogP contribution in [0.3, 0.4) is 0 Å². The number of hydrogen-bond acceptors (Lipinski definition) is 2. The molecule has 0 atom stereocenters. The van der Waals surface area contributed by atoms with Gasteiger partial charge in [-0.2, -0.15) is 0 Å². The third-order valence-corrected chi connectivity index (χ3v) is 6.50. The number of alkyl halides is 1. The summed E-state index contributed by atoms with van der Waals surface area (Å²) in [6.45, 7) is 8.31. The fraction of sp³-hybridized carbons (Fsp3) is 0.750. The lowest BCUT2D eigenvalue weighted by Gasteiger charge is -2.39. The Balaban J connectivity index is 2.02. The Morgan fingerprint density at radius 3 is 2.68 bits per heavy atom. The topological polar surface area (TPSA) is 3.24 Å². The van der Waals surface area contributed by atoms with Crippen molar-refractivity contribution in [3.05, 3.63) is 21.9 Å². The summed E-state index contributed by atoms with van der Waals surface area (Å²) in [7, 11) is 0. The van der Waals surface area contributed by atoms with E-state index in [9.17, 15) is 0 Å². The first-order valence-corrected chi connectivity index (χ1v) is 9.56. The molecular weight excluding hydrogens is 318 g/mol. The highest BCUT2D eigenvalue weighted by molar-refractivity contribution is 9.09. The number of hydrogen-bond donors (Lipinski definition) is 0. The van der Waals surface area contributed by atoms with Crippen LogP contribution < -0.4 is 0 Å². The van der Waals surface area contributed by atoms with E-state index in [-0.39, 0.29) is 0 Å². The van der Waals surface area contributed by atoms with E-state index in [1.165, 1.54) is 51.7 Å². The zero-order chi connectivity index (χ0) is 13.7. The Hall–Kier alpha value is 0.140. The molecule has 0 saturated carbocycles. The zero-order valence-electron chi connectivity index (χ0n) is 12.3. The number of nitrogens with zero attached hydrogens (tertiary/aromatic N) is 1. The maximum atomic E-state index is 3.80. The second kappa shape index (κ2) is 7.24. The van der Waals surface area contributed by atoms with E-state index in [0.717, 1.165) is 5.33 Å². The van der Waals surface area contributed by atoms with Gasteiger partial charge in [-0.3, -0.25) is 4.90 Å². The summed E-state index contributed by atoms with van der Waals surface area (Å²) in [4.78, 5) is 4.30. The van der Waals surface area contributed by atoms with E-state index < -0.39 is 0 Å². The molecule has 0 aromatic carbocycles. The van der Waals surface area contributed by atoms with E-state index in [1.54, 1.807) is 10.4 Å². The van der Waals surface area contributed by atoms with Gasteiger partial charge in [0.05, 0.1) is 0 Å². The van der Waals surface area contributed by atoms with Gasteiger partial charge in [0.25, 0.3) is 0 Å². The van der Waals surface area contributed by atoms with Gasteiger partial charge in [-0.15, -0.1) is 11.3 Å². The van der Waals surface area contributed by atoms with Crippen molar-refractivity contribution in [1.82, 2.24) is 4.90 Å². The largest absolute Gasteiger partial charge is 0.298 e. The summed E-state index contributed by atoms with van der Waals surface area (Å²) >= 11 is 5.74. The molecule has 108 valence electrons. The van der Waals surface area contributed by atoms with Crippen molar-refractivity contribution in [3.63, 3.8) is 0 Å². The van der Waals surface area contributed by atoms with Gasteiger partial charge in [0.1, 0.15) is 0 Å². The molecule has 1 aliphatic rings. The molecular formula is C16H26BrNS. The van der Waals surface area contributed by atoms with Crippen LogP contribution in [0.2, 0.25) is 0 Å². The fourth-order valence-electron chi connectivity index (χ4n) is 3.44. The van der Waals surface area contributed by atoms with Crippen molar-refractivity contribution < 1.29 is 0 Å². The highest BCUT2D eigenvalue weighted by Gasteiger charge is 2.31. The maximum absolute atomic E-state index is 3.80. The van der Waals surface area contributed by atoms with Crippen LogP contribution in [0.5, 0.6) is 0 Å². The van der Waals surface area contributed by atoms with Crippen LogP contribution in [0.1, 0.15) is 50.0 Å². The molecule has 0 aliphatic carbocycles. The van der Waals surface area contributed by atoms with Gasteiger partial charge in [0.2, 0.25) is 0 Å². The van der Waals surface area contributed by atoms with Crippen molar-refractivity contribution in [3.8, 4) is 0 Å². The van der Waals surface area contributed by atoms with E-state index in [0.29, 0.717) is 5.41 Å². The van der Waals surface area contributed by atoms with Crippen LogP contribution in [0.4, 0.5) is 0 Å². The van der Waals surface area contributed by atoms with Crippen molar-refractivity contribution in [2.75, 3.05) is 18.4 Å². The van der Waals surface area contributed by atoms with Crippen LogP contribution in [0, 0.1) is 5.41 Å². The van der Waals surface area contributed by atoms with Gasteiger partial charge < -0.3 is 0 Å². The first-order valence-electron chi connectivity index (χ1n) is 7.56. The molecule has 1 aliphatic heterocycles. The van der Waals surface area contributed by atoms with E-state index in [2.05, 4.69) is 46.1 Å². The first-order chi connectivity index (χ1) is 9.23. The predicted molar refractivity (Wildman–Crippen MR) is 89.3 cm³/mol. The third kappa shape index (κ3) is 3.83. The summed E-state index contributed by atoms with van der Waals surface area (Å²) < 4.78 is 0. The number of thiophene rings is 1. The summed E-state index contributed by atoms with van der Waals surface area (Å²) in [5.74, 6) is 0. The molecule has 2 heterocycles. The molecule has 0 saturated heterocycles. The Labute approximate surface area is 130 Å². The van der Waals surface area contributed by atoms with E-state index >= 15 is 0 Å². The number of fused-ring (bicyclic) bond motifs is 1. The van der Waals surface area contributed by atoms with Gasteiger partial charge in [-0.25, -0.2) is 0 Å². The summed E-state index contributed by atoms with van der Waals surface area (Å²) in [6.07, 6.45) is 6.54. The second-order valence-corrected chi connectivity index (χ2v) is 7.52. The molecule has 2 rings (SSSR count). The lowest BCUT2D eigenvalue weighted by atomic mass is 9.80. The average molecular weight is 344 g/mol. The van der Waals surface area contributed by atoms with Crippen molar-refractivity contribution >= 4 is 27.3 Å². The van der Waals surface area contributed by atoms with Crippen LogP contribution >= 0.6 is 27.3 Å². The predicted octanol–water partition coefficient (Wildman–Crippen LogP) is 5.09. The molecule has 1 nitrogen and oxygen atoms in total. The highest BCUT2D eigenvalue weighted by atomic mass is 79.9. The minimum atomic E-state index is 0.483. The minimum absolute atomic E-state index is 0.483. The van der Waals surface area contributed by atoms with Gasteiger partial charge in [-0.05, 0) is 41.7 Å². The van der Waals surface area contributed by atoms with Crippen LogP contribution in [-0.4, -0.2) is 23.3 Å². The molecule has 0 bridgehead atoms. The summed E-state index contributed by atoms with van der Waals surface area (Å²) in [6, 6.07) is 2.32. The van der Waals surface area contributed by atoms with Crippen molar-refractivity contribution in [2.45, 2.75) is 52.5 Å². The number of rotatable bonds is 7. The van der Waals surface area contributed by atoms with Gasteiger partial charge in [0.15, 0.2) is 0 Å². The molecule has 1 aromatic rings. The molecule has 3 heteroatoms. The first kappa shape index (κ1) is 15.5. The lowest BCUT2D eigenvalue weighted by molar-refractivity contribution is 0.137. The van der Waals surface area contributed by atoms with Crippen molar-refractivity contribution in [2.24, 2.45) is 5.41 Å². The van der Waals surface area contributed by atoms with Crippen LogP contribution in [-0.2, 0) is 13.0 Å². The highest BCUT2D eigenvalue weighted by Crippen LogP contribution is 2.35. The van der Waals surface area contributed by atoms with Crippen molar-refractivity contribution in [1.29, 1.82) is 0 Å². The summed E-state index contributed by atoms with van der Waals surface area (Å²) in [5.41, 5.74) is 2.06. The number of halogens is 1. The molecule has 0 unspecified atom stereocenters. The van der Waals surface area contributed by atoms with E-state index in [4.69, 9.17) is 0 Å². The Bertz CT molecular complexity index is 382. The quantitative estimate of drug-likeness (QED) is 0.623. The molecule has 0 N–H and O–H groups in total. The molecule has 0 amide bonds. The normalized spacial score (nSPS) is 16.6. The molecule has 19 heavy (non-hydrogen) atoms. The smallest absolute Gasteiger partial charge is 0.0245 e. The Morgan fingerprint density at radius 2 is 2.05 bits per heavy atom. The third-order valence-electron chi connectivity index (χ3n) is 4.29. The monoisotopic (exact) mass is 343 g/mol.